The molecule has 0 heterocycles. The van der Waals surface area contributed by atoms with E-state index in [4.69, 9.17) is 11.6 Å². The van der Waals surface area contributed by atoms with E-state index in [1.54, 1.807) is 0 Å². The molecule has 0 radical (unpaired) electrons. The maximum absolute atomic E-state index is 10.6. The van der Waals surface area contributed by atoms with Crippen LogP contribution in [-0.4, -0.2) is 5.24 Å². The van der Waals surface area contributed by atoms with Gasteiger partial charge in [0.05, 0.1) is 0 Å². The van der Waals surface area contributed by atoms with Crippen molar-refractivity contribution < 1.29 is 4.79 Å². The molecule has 14 heavy (non-hydrogen) atoms. The topological polar surface area (TPSA) is 17.1 Å². The highest BCUT2D eigenvalue weighted by molar-refractivity contribution is 6.63. The Morgan fingerprint density at radius 1 is 1.36 bits per heavy atom. The number of halogens is 1. The smallest absolute Gasteiger partial charge is 0.221 e. The highest BCUT2D eigenvalue weighted by Crippen LogP contribution is 2.49. The van der Waals surface area contributed by atoms with Crippen LogP contribution in [0, 0.1) is 5.92 Å². The van der Waals surface area contributed by atoms with Gasteiger partial charge in [0.1, 0.15) is 0 Å². The molecule has 1 aliphatic rings. The zero-order chi connectivity index (χ0) is 9.97. The minimum absolute atomic E-state index is 0.205. The van der Waals surface area contributed by atoms with Gasteiger partial charge in [-0.15, -0.1) is 0 Å². The average molecular weight is 209 g/mol. The predicted molar refractivity (Wildman–Crippen MR) is 57.4 cm³/mol. The Hall–Kier alpha value is -0.820. The fourth-order valence-corrected chi connectivity index (χ4v) is 2.08. The van der Waals surface area contributed by atoms with Gasteiger partial charge in [0.15, 0.2) is 0 Å². The molecule has 2 atom stereocenters. The molecule has 0 N–H and O–H groups in total. The van der Waals surface area contributed by atoms with E-state index in [0.29, 0.717) is 18.3 Å². The van der Waals surface area contributed by atoms with Crippen LogP contribution in [-0.2, 0) is 4.79 Å². The van der Waals surface area contributed by atoms with Crippen molar-refractivity contribution in [3.63, 3.8) is 0 Å². The van der Waals surface area contributed by atoms with Crippen LogP contribution in [0.25, 0.3) is 0 Å². The molecule has 1 aromatic rings. The molecule has 1 aliphatic carbocycles. The largest absolute Gasteiger partial charge is 0.281 e. The standard InChI is InChI=1S/C12H13ClO/c13-12(14)7-6-10-8-11(10)9-4-2-1-3-5-9/h1-5,10-11H,6-8H2/t10-,11-/m1/s1. The van der Waals surface area contributed by atoms with E-state index >= 15 is 0 Å². The van der Waals surface area contributed by atoms with Crippen molar-refractivity contribution in [2.75, 3.05) is 0 Å². The predicted octanol–water partition coefficient (Wildman–Crippen LogP) is 3.34. The highest BCUT2D eigenvalue weighted by atomic mass is 35.5. The molecular formula is C12H13ClO. The first-order valence-corrected chi connectivity index (χ1v) is 5.38. The van der Waals surface area contributed by atoms with Crippen molar-refractivity contribution in [1.82, 2.24) is 0 Å². The summed E-state index contributed by atoms with van der Waals surface area (Å²) in [6.45, 7) is 0. The van der Waals surface area contributed by atoms with Crippen LogP contribution >= 0.6 is 11.6 Å². The molecule has 74 valence electrons. The van der Waals surface area contributed by atoms with E-state index in [0.717, 1.165) is 6.42 Å². The van der Waals surface area contributed by atoms with E-state index in [-0.39, 0.29) is 5.24 Å². The van der Waals surface area contributed by atoms with Crippen molar-refractivity contribution in [3.8, 4) is 0 Å². The maximum atomic E-state index is 10.6. The van der Waals surface area contributed by atoms with Crippen molar-refractivity contribution in [3.05, 3.63) is 35.9 Å². The molecule has 1 saturated carbocycles. The number of benzene rings is 1. The summed E-state index contributed by atoms with van der Waals surface area (Å²) in [6.07, 6.45) is 2.69. The molecule has 0 bridgehead atoms. The quantitative estimate of drug-likeness (QED) is 0.694. The van der Waals surface area contributed by atoms with Crippen molar-refractivity contribution in [1.29, 1.82) is 0 Å². The van der Waals surface area contributed by atoms with Crippen molar-refractivity contribution >= 4 is 16.8 Å². The average Bonchev–Trinajstić information content (AvgIpc) is 2.95. The Balaban J connectivity index is 1.85. The molecule has 0 spiro atoms. The fourth-order valence-electron chi connectivity index (χ4n) is 1.97. The molecule has 0 aromatic heterocycles. The summed E-state index contributed by atoms with van der Waals surface area (Å²) < 4.78 is 0. The SMILES string of the molecule is O=C(Cl)CC[C@@H]1C[C@@H]1c1ccccc1. The van der Waals surface area contributed by atoms with Gasteiger partial charge in [-0.2, -0.15) is 0 Å². The van der Waals surface area contributed by atoms with Crippen LogP contribution in [0.4, 0.5) is 0 Å². The molecular weight excluding hydrogens is 196 g/mol. The van der Waals surface area contributed by atoms with Gasteiger partial charge < -0.3 is 0 Å². The summed E-state index contributed by atoms with van der Waals surface area (Å²) >= 11 is 5.30. The lowest BCUT2D eigenvalue weighted by molar-refractivity contribution is -0.111. The third-order valence-electron chi connectivity index (χ3n) is 2.86. The number of rotatable bonds is 4. The molecule has 2 heteroatoms. The van der Waals surface area contributed by atoms with E-state index in [2.05, 4.69) is 24.3 Å². The van der Waals surface area contributed by atoms with Gasteiger partial charge in [0.25, 0.3) is 0 Å². The fraction of sp³-hybridized carbons (Fsp3) is 0.417. The van der Waals surface area contributed by atoms with Crippen LogP contribution in [0.5, 0.6) is 0 Å². The summed E-state index contributed by atoms with van der Waals surface area (Å²) in [4.78, 5) is 10.6. The Morgan fingerprint density at radius 2 is 2.07 bits per heavy atom. The van der Waals surface area contributed by atoms with Gasteiger partial charge in [-0.25, -0.2) is 0 Å². The van der Waals surface area contributed by atoms with Crippen LogP contribution in [0.2, 0.25) is 0 Å². The normalized spacial score (nSPS) is 24.6. The lowest BCUT2D eigenvalue weighted by Gasteiger charge is -1.98. The molecule has 0 saturated heterocycles. The van der Waals surface area contributed by atoms with E-state index in [1.165, 1.54) is 12.0 Å². The van der Waals surface area contributed by atoms with Crippen molar-refractivity contribution in [2.24, 2.45) is 5.92 Å². The second-order valence-electron chi connectivity index (χ2n) is 3.91. The Labute approximate surface area is 89.1 Å². The Morgan fingerprint density at radius 3 is 2.71 bits per heavy atom. The van der Waals surface area contributed by atoms with Gasteiger partial charge in [-0.05, 0) is 41.8 Å². The number of carbonyl (C=O) groups is 1. The monoisotopic (exact) mass is 208 g/mol. The first-order valence-electron chi connectivity index (χ1n) is 5.00. The second kappa shape index (κ2) is 4.14. The molecule has 1 nitrogen and oxygen atoms in total. The van der Waals surface area contributed by atoms with Gasteiger partial charge in [-0.1, -0.05) is 30.3 Å². The molecule has 0 aliphatic heterocycles. The summed E-state index contributed by atoms with van der Waals surface area (Å²) in [5.74, 6) is 1.35. The van der Waals surface area contributed by atoms with Crippen LogP contribution in [0.15, 0.2) is 30.3 Å². The third-order valence-corrected chi connectivity index (χ3v) is 3.05. The molecule has 2 rings (SSSR count). The van der Waals surface area contributed by atoms with Crippen LogP contribution < -0.4 is 0 Å². The zero-order valence-corrected chi connectivity index (χ0v) is 8.70. The number of hydrogen-bond donors (Lipinski definition) is 0. The summed E-state index contributed by atoms with van der Waals surface area (Å²) in [5, 5.41) is -0.205. The molecule has 0 amide bonds. The van der Waals surface area contributed by atoms with E-state index in [9.17, 15) is 4.79 Å². The van der Waals surface area contributed by atoms with Crippen molar-refractivity contribution in [2.45, 2.75) is 25.2 Å². The van der Waals surface area contributed by atoms with Crippen LogP contribution in [0.1, 0.15) is 30.7 Å². The zero-order valence-electron chi connectivity index (χ0n) is 7.95. The lowest BCUT2D eigenvalue weighted by atomic mass is 10.1. The summed E-state index contributed by atoms with van der Waals surface area (Å²) in [5.41, 5.74) is 1.40. The van der Waals surface area contributed by atoms with Gasteiger partial charge >= 0.3 is 0 Å². The lowest BCUT2D eigenvalue weighted by Crippen LogP contribution is -1.89. The minimum atomic E-state index is -0.205. The molecule has 1 fully saturated rings. The summed E-state index contributed by atoms with van der Waals surface area (Å²) in [6, 6.07) is 10.5. The third kappa shape index (κ3) is 2.36. The van der Waals surface area contributed by atoms with Gasteiger partial charge in [0.2, 0.25) is 5.24 Å². The minimum Gasteiger partial charge on any atom is -0.281 e. The number of carbonyl (C=O) groups excluding carboxylic acids is 1. The van der Waals surface area contributed by atoms with Gasteiger partial charge in [0, 0.05) is 6.42 Å². The number of hydrogen-bond acceptors (Lipinski definition) is 1. The first kappa shape index (κ1) is 9.72. The molecule has 0 unspecified atom stereocenters. The van der Waals surface area contributed by atoms with Crippen LogP contribution in [0.3, 0.4) is 0 Å². The van der Waals surface area contributed by atoms with E-state index < -0.39 is 0 Å². The highest BCUT2D eigenvalue weighted by Gasteiger charge is 2.37. The Kier molecular flexibility index (Phi) is 2.87. The first-order chi connectivity index (χ1) is 6.77. The molecule has 1 aromatic carbocycles. The van der Waals surface area contributed by atoms with E-state index in [1.807, 2.05) is 6.07 Å². The summed E-state index contributed by atoms with van der Waals surface area (Å²) in [7, 11) is 0. The Bertz CT molecular complexity index is 320. The second-order valence-corrected chi connectivity index (χ2v) is 4.33. The van der Waals surface area contributed by atoms with Gasteiger partial charge in [-0.3, -0.25) is 4.79 Å². The maximum Gasteiger partial charge on any atom is 0.221 e.